The minimum absolute atomic E-state index is 0.806. The molecule has 2 rings (SSSR count). The van der Waals surface area contributed by atoms with E-state index in [2.05, 4.69) is 20.9 Å². The Balaban J connectivity index is 2.69. The van der Waals surface area contributed by atoms with E-state index in [9.17, 15) is 0 Å². The lowest BCUT2D eigenvalue weighted by atomic mass is 10.4. The zero-order valence-electron chi connectivity index (χ0n) is 6.49. The van der Waals surface area contributed by atoms with Crippen molar-refractivity contribution in [3.8, 4) is 5.75 Å². The molecule has 0 fully saturated rings. The van der Waals surface area contributed by atoms with E-state index in [1.165, 1.54) is 0 Å². The van der Waals surface area contributed by atoms with Gasteiger partial charge >= 0.3 is 0 Å². The number of hydrogen-bond acceptors (Lipinski definition) is 2. The standard InChI is InChI=1S/C8H7BrN2O/c1-12-7-2-3-11-6(4-7)5-10-8(11)9/h2-5H,1H3. The molecule has 62 valence electrons. The molecule has 0 N–H and O–H groups in total. The predicted molar refractivity (Wildman–Crippen MR) is 49.4 cm³/mol. The highest BCUT2D eigenvalue weighted by Crippen LogP contribution is 2.17. The third-order valence-corrected chi connectivity index (χ3v) is 2.28. The number of hydrogen-bond donors (Lipinski definition) is 0. The number of nitrogens with zero attached hydrogens (tertiary/aromatic N) is 2. The lowest BCUT2D eigenvalue weighted by molar-refractivity contribution is 0.414. The van der Waals surface area contributed by atoms with Crippen molar-refractivity contribution in [1.29, 1.82) is 0 Å². The van der Waals surface area contributed by atoms with Crippen LogP contribution in [0, 0.1) is 0 Å². The van der Waals surface area contributed by atoms with E-state index in [1.807, 2.05) is 22.7 Å². The molecule has 0 radical (unpaired) electrons. The second kappa shape index (κ2) is 2.79. The van der Waals surface area contributed by atoms with E-state index >= 15 is 0 Å². The van der Waals surface area contributed by atoms with Gasteiger partial charge in [0.2, 0.25) is 0 Å². The fourth-order valence-corrected chi connectivity index (χ4v) is 1.50. The van der Waals surface area contributed by atoms with E-state index in [-0.39, 0.29) is 0 Å². The summed E-state index contributed by atoms with van der Waals surface area (Å²) in [4.78, 5) is 4.10. The van der Waals surface area contributed by atoms with Crippen molar-refractivity contribution in [2.24, 2.45) is 0 Å². The Morgan fingerprint density at radius 1 is 1.58 bits per heavy atom. The molecule has 0 aliphatic heterocycles. The molecule has 4 heteroatoms. The predicted octanol–water partition coefficient (Wildman–Crippen LogP) is 2.11. The van der Waals surface area contributed by atoms with Crippen molar-refractivity contribution in [2.45, 2.75) is 0 Å². The Kier molecular flexibility index (Phi) is 1.77. The van der Waals surface area contributed by atoms with Crippen molar-refractivity contribution < 1.29 is 4.74 Å². The fourth-order valence-electron chi connectivity index (χ4n) is 1.07. The van der Waals surface area contributed by atoms with Crippen LogP contribution in [0.3, 0.4) is 0 Å². The van der Waals surface area contributed by atoms with Gasteiger partial charge in [-0.3, -0.25) is 4.40 Å². The molecule has 12 heavy (non-hydrogen) atoms. The van der Waals surface area contributed by atoms with Crippen LogP contribution in [-0.2, 0) is 0 Å². The number of fused-ring (bicyclic) bond motifs is 1. The molecule has 2 aromatic rings. The molecule has 0 amide bonds. The van der Waals surface area contributed by atoms with Gasteiger partial charge in [0.1, 0.15) is 5.75 Å². The summed E-state index contributed by atoms with van der Waals surface area (Å²) < 4.78 is 7.81. The minimum atomic E-state index is 0.806. The monoisotopic (exact) mass is 226 g/mol. The number of halogens is 1. The molecule has 0 atom stereocenters. The summed E-state index contributed by atoms with van der Waals surface area (Å²) in [5, 5.41) is 0. The van der Waals surface area contributed by atoms with E-state index in [1.54, 1.807) is 13.3 Å². The van der Waals surface area contributed by atoms with Crippen LogP contribution in [0.5, 0.6) is 5.75 Å². The van der Waals surface area contributed by atoms with Crippen molar-refractivity contribution in [2.75, 3.05) is 7.11 Å². The van der Waals surface area contributed by atoms with Crippen LogP contribution in [0.2, 0.25) is 0 Å². The third kappa shape index (κ3) is 1.08. The summed E-state index contributed by atoms with van der Waals surface area (Å²) in [7, 11) is 1.65. The normalized spacial score (nSPS) is 10.5. The Morgan fingerprint density at radius 3 is 3.17 bits per heavy atom. The van der Waals surface area contributed by atoms with Gasteiger partial charge in [0, 0.05) is 12.3 Å². The Hall–Kier alpha value is -1.03. The van der Waals surface area contributed by atoms with Crippen molar-refractivity contribution >= 4 is 21.4 Å². The first kappa shape index (κ1) is 7.61. The van der Waals surface area contributed by atoms with E-state index in [4.69, 9.17) is 4.74 Å². The van der Waals surface area contributed by atoms with E-state index in [0.29, 0.717) is 0 Å². The molecule has 0 spiro atoms. The number of aromatic nitrogens is 2. The summed E-state index contributed by atoms with van der Waals surface area (Å²) in [5.74, 6) is 0.842. The molecule has 0 aromatic carbocycles. The van der Waals surface area contributed by atoms with Gasteiger partial charge in [-0.25, -0.2) is 4.98 Å². The molecule has 0 saturated carbocycles. The van der Waals surface area contributed by atoms with E-state index < -0.39 is 0 Å². The maximum absolute atomic E-state index is 5.08. The molecule has 2 aromatic heterocycles. The van der Waals surface area contributed by atoms with Gasteiger partial charge in [0.15, 0.2) is 4.73 Å². The number of ether oxygens (including phenoxy) is 1. The van der Waals surface area contributed by atoms with Crippen LogP contribution < -0.4 is 4.74 Å². The summed E-state index contributed by atoms with van der Waals surface area (Å²) in [6, 6.07) is 3.82. The van der Waals surface area contributed by atoms with E-state index in [0.717, 1.165) is 16.0 Å². The quantitative estimate of drug-likeness (QED) is 0.745. The van der Waals surface area contributed by atoms with Gasteiger partial charge in [-0.2, -0.15) is 0 Å². The van der Waals surface area contributed by atoms with Gasteiger partial charge in [0.25, 0.3) is 0 Å². The average Bonchev–Trinajstić information content (AvgIpc) is 2.47. The molecule has 0 saturated heterocycles. The molecule has 0 unspecified atom stereocenters. The molecule has 3 nitrogen and oxygen atoms in total. The molecule has 0 aliphatic carbocycles. The summed E-state index contributed by atoms with van der Waals surface area (Å²) in [6.45, 7) is 0. The lowest BCUT2D eigenvalue weighted by Gasteiger charge is -1.99. The summed E-state index contributed by atoms with van der Waals surface area (Å²) >= 11 is 3.32. The number of imidazole rings is 1. The van der Waals surface area contributed by atoms with Gasteiger partial charge in [-0.05, 0) is 22.0 Å². The highest BCUT2D eigenvalue weighted by molar-refractivity contribution is 9.10. The van der Waals surface area contributed by atoms with Crippen LogP contribution >= 0.6 is 15.9 Å². The molecular formula is C8H7BrN2O. The molecule has 2 heterocycles. The number of pyridine rings is 1. The fraction of sp³-hybridized carbons (Fsp3) is 0.125. The maximum Gasteiger partial charge on any atom is 0.181 e. The maximum atomic E-state index is 5.08. The second-order valence-electron chi connectivity index (χ2n) is 2.39. The molecular weight excluding hydrogens is 220 g/mol. The number of methoxy groups -OCH3 is 1. The largest absolute Gasteiger partial charge is 0.497 e. The number of rotatable bonds is 1. The van der Waals surface area contributed by atoms with Crippen LogP contribution in [0.4, 0.5) is 0 Å². The van der Waals surface area contributed by atoms with Crippen LogP contribution in [-0.4, -0.2) is 16.5 Å². The summed E-state index contributed by atoms with van der Waals surface area (Å²) in [5.41, 5.74) is 1.02. The van der Waals surface area contributed by atoms with Crippen LogP contribution in [0.25, 0.3) is 5.52 Å². The Bertz CT molecular complexity index is 410. The SMILES string of the molecule is COc1ccn2c(Br)ncc2c1. The Morgan fingerprint density at radius 2 is 2.42 bits per heavy atom. The highest BCUT2D eigenvalue weighted by atomic mass is 79.9. The first-order valence-electron chi connectivity index (χ1n) is 3.48. The van der Waals surface area contributed by atoms with Crippen LogP contribution in [0.1, 0.15) is 0 Å². The highest BCUT2D eigenvalue weighted by Gasteiger charge is 1.99. The topological polar surface area (TPSA) is 26.5 Å². The minimum Gasteiger partial charge on any atom is -0.497 e. The van der Waals surface area contributed by atoms with Crippen molar-refractivity contribution in [3.05, 3.63) is 29.3 Å². The first-order chi connectivity index (χ1) is 5.81. The van der Waals surface area contributed by atoms with Gasteiger partial charge < -0.3 is 4.74 Å². The average molecular weight is 227 g/mol. The zero-order valence-corrected chi connectivity index (χ0v) is 8.08. The van der Waals surface area contributed by atoms with Gasteiger partial charge in [0.05, 0.1) is 18.8 Å². The van der Waals surface area contributed by atoms with Crippen molar-refractivity contribution in [3.63, 3.8) is 0 Å². The smallest absolute Gasteiger partial charge is 0.181 e. The second-order valence-corrected chi connectivity index (χ2v) is 3.10. The first-order valence-corrected chi connectivity index (χ1v) is 4.27. The summed E-state index contributed by atoms with van der Waals surface area (Å²) in [6.07, 6.45) is 3.69. The molecule has 0 aliphatic rings. The Labute approximate surface area is 78.1 Å². The lowest BCUT2D eigenvalue weighted by Crippen LogP contribution is -1.86. The van der Waals surface area contributed by atoms with Crippen molar-refractivity contribution in [1.82, 2.24) is 9.38 Å². The third-order valence-electron chi connectivity index (χ3n) is 1.69. The zero-order chi connectivity index (χ0) is 8.55. The van der Waals surface area contributed by atoms with Crippen LogP contribution in [0.15, 0.2) is 29.3 Å². The van der Waals surface area contributed by atoms with Gasteiger partial charge in [-0.1, -0.05) is 0 Å². The van der Waals surface area contributed by atoms with Gasteiger partial charge in [-0.15, -0.1) is 0 Å². The molecule has 0 bridgehead atoms.